The van der Waals surface area contributed by atoms with Crippen molar-refractivity contribution in [1.29, 1.82) is 0 Å². The summed E-state index contributed by atoms with van der Waals surface area (Å²) in [4.78, 5) is 10.7. The minimum absolute atomic E-state index is 0.238. The summed E-state index contributed by atoms with van der Waals surface area (Å²) in [5.41, 5.74) is 0. The molecule has 0 aromatic carbocycles. The molecular formula is C9H17NO4S. The third-order valence-corrected chi connectivity index (χ3v) is 3.28. The fourth-order valence-electron chi connectivity index (χ4n) is 0.989. The third-order valence-electron chi connectivity index (χ3n) is 2.03. The Bertz CT molecular complexity index is 310. The van der Waals surface area contributed by atoms with Crippen LogP contribution < -0.4 is 5.32 Å². The quantitative estimate of drug-likeness (QED) is 0.387. The summed E-state index contributed by atoms with van der Waals surface area (Å²) in [5, 5.41) is 1.83. The van der Waals surface area contributed by atoms with Crippen LogP contribution in [0.1, 0.15) is 26.2 Å². The molecule has 0 aromatic heterocycles. The second kappa shape index (κ2) is 6.58. The van der Waals surface area contributed by atoms with Crippen LogP contribution in [0.5, 0.6) is 0 Å². The molecule has 5 nitrogen and oxygen atoms in total. The van der Waals surface area contributed by atoms with Crippen LogP contribution in [0.2, 0.25) is 0 Å². The summed E-state index contributed by atoms with van der Waals surface area (Å²) in [6.07, 6.45) is 2.89. The van der Waals surface area contributed by atoms with Crippen LogP contribution in [0.15, 0.2) is 12.7 Å². The average molecular weight is 235 g/mol. The molecule has 0 bridgehead atoms. The maximum Gasteiger partial charge on any atom is 0.267 e. The highest BCUT2D eigenvalue weighted by Gasteiger charge is 2.15. The summed E-state index contributed by atoms with van der Waals surface area (Å²) < 4.78 is 29.9. The standard InChI is InChI=1S/C9H17NO4S/c1-3-9(11)10-7-5-4-6-8(2)15(12,13)14/h3,8H,1,4-7H2,2H3,(H,10,11)(H,12,13,14). The Morgan fingerprint density at radius 3 is 2.60 bits per heavy atom. The van der Waals surface area contributed by atoms with E-state index in [0.717, 1.165) is 0 Å². The molecule has 0 aliphatic rings. The number of hydrogen-bond acceptors (Lipinski definition) is 3. The molecule has 0 saturated carbocycles. The van der Waals surface area contributed by atoms with E-state index in [2.05, 4.69) is 11.9 Å². The minimum Gasteiger partial charge on any atom is -0.353 e. The zero-order valence-electron chi connectivity index (χ0n) is 8.77. The van der Waals surface area contributed by atoms with Crippen molar-refractivity contribution in [2.24, 2.45) is 0 Å². The van der Waals surface area contributed by atoms with Gasteiger partial charge < -0.3 is 5.32 Å². The molecule has 6 heteroatoms. The first-order chi connectivity index (χ1) is 6.88. The van der Waals surface area contributed by atoms with Gasteiger partial charge in [-0.3, -0.25) is 9.35 Å². The van der Waals surface area contributed by atoms with Crippen molar-refractivity contribution in [2.75, 3.05) is 6.54 Å². The van der Waals surface area contributed by atoms with Gasteiger partial charge in [0.2, 0.25) is 5.91 Å². The molecule has 0 spiro atoms. The molecular weight excluding hydrogens is 218 g/mol. The predicted molar refractivity (Wildman–Crippen MR) is 58.1 cm³/mol. The fourth-order valence-corrected chi connectivity index (χ4v) is 1.45. The van der Waals surface area contributed by atoms with Crippen molar-refractivity contribution in [1.82, 2.24) is 5.32 Å². The number of carbonyl (C=O) groups excluding carboxylic acids is 1. The van der Waals surface area contributed by atoms with E-state index >= 15 is 0 Å². The number of nitrogens with one attached hydrogen (secondary N) is 1. The Labute approximate surface area is 90.3 Å². The van der Waals surface area contributed by atoms with Crippen molar-refractivity contribution in [3.63, 3.8) is 0 Å². The highest BCUT2D eigenvalue weighted by atomic mass is 32.2. The van der Waals surface area contributed by atoms with Crippen molar-refractivity contribution >= 4 is 16.0 Å². The lowest BCUT2D eigenvalue weighted by Crippen LogP contribution is -2.22. The summed E-state index contributed by atoms with van der Waals surface area (Å²) in [7, 11) is -3.91. The lowest BCUT2D eigenvalue weighted by molar-refractivity contribution is -0.116. The zero-order chi connectivity index (χ0) is 11.9. The van der Waals surface area contributed by atoms with Gasteiger partial charge in [-0.05, 0) is 25.8 Å². The molecule has 0 fully saturated rings. The van der Waals surface area contributed by atoms with E-state index in [1.807, 2.05) is 0 Å². The molecule has 0 radical (unpaired) electrons. The number of carbonyl (C=O) groups is 1. The van der Waals surface area contributed by atoms with Crippen LogP contribution in [0.3, 0.4) is 0 Å². The Kier molecular flexibility index (Phi) is 6.19. The van der Waals surface area contributed by atoms with Gasteiger partial charge in [0.1, 0.15) is 0 Å². The molecule has 88 valence electrons. The van der Waals surface area contributed by atoms with Crippen LogP contribution in [0, 0.1) is 0 Å². The number of amides is 1. The van der Waals surface area contributed by atoms with Gasteiger partial charge in [0, 0.05) is 6.54 Å². The smallest absolute Gasteiger partial charge is 0.267 e. The van der Waals surface area contributed by atoms with Gasteiger partial charge in [-0.2, -0.15) is 8.42 Å². The summed E-state index contributed by atoms with van der Waals surface area (Å²) in [5.74, 6) is -0.238. The third kappa shape index (κ3) is 7.10. The highest BCUT2D eigenvalue weighted by Crippen LogP contribution is 2.07. The van der Waals surface area contributed by atoms with Crippen molar-refractivity contribution in [2.45, 2.75) is 31.4 Å². The van der Waals surface area contributed by atoms with E-state index in [4.69, 9.17) is 4.55 Å². The first-order valence-electron chi connectivity index (χ1n) is 4.74. The molecule has 1 atom stereocenters. The van der Waals surface area contributed by atoms with E-state index in [9.17, 15) is 13.2 Å². The van der Waals surface area contributed by atoms with Crippen LogP contribution >= 0.6 is 0 Å². The van der Waals surface area contributed by atoms with Gasteiger partial charge in [-0.25, -0.2) is 0 Å². The number of unbranched alkanes of at least 4 members (excludes halogenated alkanes) is 1. The van der Waals surface area contributed by atoms with Gasteiger partial charge in [0.25, 0.3) is 10.1 Å². The van der Waals surface area contributed by atoms with Crippen LogP contribution in [-0.4, -0.2) is 30.7 Å². The Morgan fingerprint density at radius 1 is 1.53 bits per heavy atom. The monoisotopic (exact) mass is 235 g/mol. The Hall–Kier alpha value is -0.880. The Morgan fingerprint density at radius 2 is 2.13 bits per heavy atom. The van der Waals surface area contributed by atoms with Gasteiger partial charge in [0.05, 0.1) is 5.25 Å². The lowest BCUT2D eigenvalue weighted by atomic mass is 10.2. The minimum atomic E-state index is -3.91. The maximum absolute atomic E-state index is 10.7. The molecule has 0 aliphatic carbocycles. The van der Waals surface area contributed by atoms with Crippen molar-refractivity contribution < 1.29 is 17.8 Å². The molecule has 1 unspecified atom stereocenters. The second-order valence-electron chi connectivity index (χ2n) is 3.32. The molecule has 0 rings (SSSR count). The van der Waals surface area contributed by atoms with Crippen LogP contribution in [0.25, 0.3) is 0 Å². The van der Waals surface area contributed by atoms with Gasteiger partial charge in [-0.15, -0.1) is 0 Å². The lowest BCUT2D eigenvalue weighted by Gasteiger charge is -2.07. The molecule has 0 heterocycles. The normalized spacial score (nSPS) is 13.2. The number of rotatable bonds is 7. The predicted octanol–water partition coefficient (Wildman–Crippen LogP) is 0.735. The van der Waals surface area contributed by atoms with Gasteiger partial charge >= 0.3 is 0 Å². The number of hydrogen-bond donors (Lipinski definition) is 2. The average Bonchev–Trinajstić information content (AvgIpc) is 2.15. The molecule has 2 N–H and O–H groups in total. The highest BCUT2D eigenvalue weighted by molar-refractivity contribution is 7.86. The second-order valence-corrected chi connectivity index (χ2v) is 5.15. The molecule has 0 saturated heterocycles. The van der Waals surface area contributed by atoms with E-state index in [1.54, 1.807) is 0 Å². The van der Waals surface area contributed by atoms with Gasteiger partial charge in [-0.1, -0.05) is 13.0 Å². The Balaban J connectivity index is 3.56. The fraction of sp³-hybridized carbons (Fsp3) is 0.667. The summed E-state index contributed by atoms with van der Waals surface area (Å²) >= 11 is 0. The molecule has 1 amide bonds. The van der Waals surface area contributed by atoms with Crippen LogP contribution in [-0.2, 0) is 14.9 Å². The molecule has 15 heavy (non-hydrogen) atoms. The van der Waals surface area contributed by atoms with Crippen molar-refractivity contribution in [3.8, 4) is 0 Å². The first kappa shape index (κ1) is 14.1. The molecule has 0 aliphatic heterocycles. The SMILES string of the molecule is C=CC(=O)NCCCCC(C)S(=O)(=O)O. The van der Waals surface area contributed by atoms with Crippen LogP contribution in [0.4, 0.5) is 0 Å². The first-order valence-corrected chi connectivity index (χ1v) is 6.25. The topological polar surface area (TPSA) is 83.5 Å². The van der Waals surface area contributed by atoms with Gasteiger partial charge in [0.15, 0.2) is 0 Å². The van der Waals surface area contributed by atoms with E-state index in [0.29, 0.717) is 25.8 Å². The molecule has 0 aromatic rings. The largest absolute Gasteiger partial charge is 0.353 e. The van der Waals surface area contributed by atoms with E-state index < -0.39 is 15.4 Å². The van der Waals surface area contributed by atoms with Crippen molar-refractivity contribution in [3.05, 3.63) is 12.7 Å². The van der Waals surface area contributed by atoms with E-state index in [1.165, 1.54) is 13.0 Å². The van der Waals surface area contributed by atoms with E-state index in [-0.39, 0.29) is 5.91 Å². The zero-order valence-corrected chi connectivity index (χ0v) is 9.59. The summed E-state index contributed by atoms with van der Waals surface area (Å²) in [6.45, 7) is 5.24. The maximum atomic E-state index is 10.7. The summed E-state index contributed by atoms with van der Waals surface area (Å²) in [6, 6.07) is 0.